The third-order valence-corrected chi connectivity index (χ3v) is 3.53. The van der Waals surface area contributed by atoms with Crippen LogP contribution >= 0.6 is 0 Å². The standard InChI is InChI=1S/C14H17N3/c1-15-9-12-10-16-13(17-12)14(7-8-14)11-5-3-2-4-6-11/h2-6,10,15H,7-9H2,1H3,(H,16,17). The normalized spacial score (nSPS) is 17.0. The maximum atomic E-state index is 4.55. The summed E-state index contributed by atoms with van der Waals surface area (Å²) in [6.45, 7) is 0.845. The zero-order valence-corrected chi connectivity index (χ0v) is 10.0. The van der Waals surface area contributed by atoms with Gasteiger partial charge in [-0.25, -0.2) is 4.98 Å². The molecule has 2 aromatic rings. The number of benzene rings is 1. The molecule has 88 valence electrons. The number of nitrogens with one attached hydrogen (secondary N) is 2. The molecule has 3 heteroatoms. The molecule has 2 N–H and O–H groups in total. The van der Waals surface area contributed by atoms with Crippen molar-refractivity contribution < 1.29 is 0 Å². The van der Waals surface area contributed by atoms with E-state index in [1.165, 1.54) is 18.4 Å². The van der Waals surface area contributed by atoms with E-state index in [0.717, 1.165) is 18.1 Å². The number of imidazole rings is 1. The topological polar surface area (TPSA) is 40.7 Å². The minimum Gasteiger partial charge on any atom is -0.344 e. The van der Waals surface area contributed by atoms with Crippen LogP contribution in [0.3, 0.4) is 0 Å². The van der Waals surface area contributed by atoms with E-state index in [4.69, 9.17) is 0 Å². The summed E-state index contributed by atoms with van der Waals surface area (Å²) in [6, 6.07) is 10.7. The van der Waals surface area contributed by atoms with Crippen LogP contribution in [-0.2, 0) is 12.0 Å². The lowest BCUT2D eigenvalue weighted by atomic mass is 9.95. The van der Waals surface area contributed by atoms with Crippen LogP contribution in [0.1, 0.15) is 29.9 Å². The van der Waals surface area contributed by atoms with Gasteiger partial charge in [-0.05, 0) is 25.5 Å². The predicted molar refractivity (Wildman–Crippen MR) is 67.8 cm³/mol. The van der Waals surface area contributed by atoms with Gasteiger partial charge in [-0.15, -0.1) is 0 Å². The highest BCUT2D eigenvalue weighted by Crippen LogP contribution is 2.52. The molecule has 1 saturated carbocycles. The molecule has 3 rings (SSSR count). The molecule has 0 spiro atoms. The first-order chi connectivity index (χ1) is 8.35. The van der Waals surface area contributed by atoms with Gasteiger partial charge in [-0.3, -0.25) is 0 Å². The largest absolute Gasteiger partial charge is 0.344 e. The lowest BCUT2D eigenvalue weighted by Crippen LogP contribution is -2.11. The van der Waals surface area contributed by atoms with Crippen molar-refractivity contribution in [3.63, 3.8) is 0 Å². The molecular formula is C14H17N3. The summed E-state index contributed by atoms with van der Waals surface area (Å²) < 4.78 is 0. The van der Waals surface area contributed by atoms with Gasteiger partial charge in [0.1, 0.15) is 5.82 Å². The highest BCUT2D eigenvalue weighted by molar-refractivity contribution is 5.39. The molecule has 0 saturated heterocycles. The zero-order valence-electron chi connectivity index (χ0n) is 10.0. The Kier molecular flexibility index (Phi) is 2.48. The van der Waals surface area contributed by atoms with Crippen LogP contribution in [0.15, 0.2) is 36.5 Å². The van der Waals surface area contributed by atoms with Gasteiger partial charge >= 0.3 is 0 Å². The van der Waals surface area contributed by atoms with Crippen molar-refractivity contribution in [2.45, 2.75) is 24.8 Å². The van der Waals surface area contributed by atoms with Gasteiger partial charge in [0, 0.05) is 18.4 Å². The summed E-state index contributed by atoms with van der Waals surface area (Å²) in [7, 11) is 1.95. The molecule has 0 amide bonds. The second-order valence-corrected chi connectivity index (χ2v) is 4.74. The van der Waals surface area contributed by atoms with Crippen LogP contribution in [-0.4, -0.2) is 17.0 Å². The van der Waals surface area contributed by atoms with Gasteiger partial charge in [0.15, 0.2) is 0 Å². The summed E-state index contributed by atoms with van der Waals surface area (Å²) in [4.78, 5) is 7.99. The molecule has 0 unspecified atom stereocenters. The molecular weight excluding hydrogens is 210 g/mol. The lowest BCUT2D eigenvalue weighted by Gasteiger charge is -2.12. The molecule has 1 aliphatic rings. The molecule has 1 aliphatic carbocycles. The Morgan fingerprint density at radius 2 is 2.06 bits per heavy atom. The van der Waals surface area contributed by atoms with Gasteiger partial charge in [-0.2, -0.15) is 0 Å². The molecule has 0 bridgehead atoms. The first-order valence-corrected chi connectivity index (χ1v) is 6.10. The molecule has 0 radical (unpaired) electrons. The Labute approximate surface area is 101 Å². The average Bonchev–Trinajstić information content (AvgIpc) is 3.06. The Bertz CT molecular complexity index is 497. The second kappa shape index (κ2) is 4.00. The maximum absolute atomic E-state index is 4.55. The van der Waals surface area contributed by atoms with E-state index in [1.54, 1.807) is 0 Å². The minimum atomic E-state index is 0.160. The van der Waals surface area contributed by atoms with E-state index in [0.29, 0.717) is 0 Å². The number of rotatable bonds is 4. The summed E-state index contributed by atoms with van der Waals surface area (Å²) in [5.41, 5.74) is 2.70. The summed E-state index contributed by atoms with van der Waals surface area (Å²) in [5, 5.41) is 3.14. The van der Waals surface area contributed by atoms with Crippen LogP contribution < -0.4 is 5.32 Å². The van der Waals surface area contributed by atoms with Crippen molar-refractivity contribution in [2.75, 3.05) is 7.05 Å². The van der Waals surface area contributed by atoms with Gasteiger partial charge in [0.2, 0.25) is 0 Å². The highest BCUT2D eigenvalue weighted by atomic mass is 15.0. The van der Waals surface area contributed by atoms with E-state index < -0.39 is 0 Å². The third kappa shape index (κ3) is 1.76. The smallest absolute Gasteiger partial charge is 0.116 e. The molecule has 1 heterocycles. The van der Waals surface area contributed by atoms with Crippen molar-refractivity contribution in [1.82, 2.24) is 15.3 Å². The van der Waals surface area contributed by atoms with Crippen molar-refractivity contribution in [1.29, 1.82) is 0 Å². The fourth-order valence-electron chi connectivity index (χ4n) is 2.43. The Hall–Kier alpha value is -1.61. The predicted octanol–water partition coefficient (Wildman–Crippen LogP) is 2.21. The van der Waals surface area contributed by atoms with Gasteiger partial charge in [0.05, 0.1) is 5.41 Å². The van der Waals surface area contributed by atoms with Crippen LogP contribution in [0.5, 0.6) is 0 Å². The van der Waals surface area contributed by atoms with E-state index in [-0.39, 0.29) is 5.41 Å². The van der Waals surface area contributed by atoms with Crippen LogP contribution in [0, 0.1) is 0 Å². The van der Waals surface area contributed by atoms with E-state index in [1.807, 2.05) is 13.2 Å². The summed E-state index contributed by atoms with van der Waals surface area (Å²) in [5.74, 6) is 1.12. The molecule has 17 heavy (non-hydrogen) atoms. The van der Waals surface area contributed by atoms with Crippen LogP contribution in [0.2, 0.25) is 0 Å². The fraction of sp³-hybridized carbons (Fsp3) is 0.357. The fourth-order valence-corrected chi connectivity index (χ4v) is 2.43. The molecule has 3 nitrogen and oxygen atoms in total. The lowest BCUT2D eigenvalue weighted by molar-refractivity contribution is 0.752. The number of hydrogen-bond acceptors (Lipinski definition) is 2. The van der Waals surface area contributed by atoms with E-state index in [2.05, 4.69) is 45.6 Å². The average molecular weight is 227 g/mol. The van der Waals surface area contributed by atoms with Crippen molar-refractivity contribution in [2.24, 2.45) is 0 Å². The maximum Gasteiger partial charge on any atom is 0.116 e. The van der Waals surface area contributed by atoms with Crippen molar-refractivity contribution in [3.05, 3.63) is 53.6 Å². The zero-order chi connectivity index (χ0) is 11.7. The molecule has 1 aromatic heterocycles. The third-order valence-electron chi connectivity index (χ3n) is 3.53. The van der Waals surface area contributed by atoms with Gasteiger partial charge in [-0.1, -0.05) is 30.3 Å². The minimum absolute atomic E-state index is 0.160. The number of nitrogens with zero attached hydrogens (tertiary/aromatic N) is 1. The van der Waals surface area contributed by atoms with Crippen LogP contribution in [0.25, 0.3) is 0 Å². The Morgan fingerprint density at radius 1 is 1.29 bits per heavy atom. The van der Waals surface area contributed by atoms with Gasteiger partial charge < -0.3 is 10.3 Å². The summed E-state index contributed by atoms with van der Waals surface area (Å²) >= 11 is 0. The number of aromatic nitrogens is 2. The number of hydrogen-bond donors (Lipinski definition) is 2. The molecule has 0 aliphatic heterocycles. The van der Waals surface area contributed by atoms with Crippen molar-refractivity contribution >= 4 is 0 Å². The molecule has 0 atom stereocenters. The quantitative estimate of drug-likeness (QED) is 0.840. The first kappa shape index (κ1) is 10.5. The highest BCUT2D eigenvalue weighted by Gasteiger charge is 2.48. The molecule has 1 fully saturated rings. The first-order valence-electron chi connectivity index (χ1n) is 6.10. The number of aromatic amines is 1. The summed E-state index contributed by atoms with van der Waals surface area (Å²) in [6.07, 6.45) is 4.34. The SMILES string of the molecule is CNCc1cnc(C2(c3ccccc3)CC2)[nH]1. The Morgan fingerprint density at radius 3 is 2.71 bits per heavy atom. The van der Waals surface area contributed by atoms with Crippen molar-refractivity contribution in [3.8, 4) is 0 Å². The number of H-pyrrole nitrogens is 1. The van der Waals surface area contributed by atoms with E-state index >= 15 is 0 Å². The monoisotopic (exact) mass is 227 g/mol. The molecule has 1 aromatic carbocycles. The Balaban J connectivity index is 1.92. The van der Waals surface area contributed by atoms with Crippen LogP contribution in [0.4, 0.5) is 0 Å². The van der Waals surface area contributed by atoms with Gasteiger partial charge in [0.25, 0.3) is 0 Å². The van der Waals surface area contributed by atoms with E-state index in [9.17, 15) is 0 Å². The second-order valence-electron chi connectivity index (χ2n) is 4.74.